The minimum Gasteiger partial charge on any atom is -0.494 e. The van der Waals surface area contributed by atoms with Crippen LogP contribution >= 0.6 is 11.3 Å². The fourth-order valence-corrected chi connectivity index (χ4v) is 5.06. The Kier molecular flexibility index (Phi) is 7.36. The molecule has 2 heterocycles. The summed E-state index contributed by atoms with van der Waals surface area (Å²) in [7, 11) is 1.37. The minimum atomic E-state index is -0.539. The number of methoxy groups -OCH3 is 1. The van der Waals surface area contributed by atoms with Crippen LogP contribution in [-0.2, 0) is 17.9 Å². The molecule has 1 saturated carbocycles. The lowest BCUT2D eigenvalue weighted by atomic mass is 10.1. The molecule has 33 heavy (non-hydrogen) atoms. The molecule has 1 amide bonds. The Labute approximate surface area is 193 Å². The fourth-order valence-electron chi connectivity index (χ4n) is 4.13. The Morgan fingerprint density at radius 2 is 2.18 bits per heavy atom. The van der Waals surface area contributed by atoms with Crippen LogP contribution in [0.15, 0.2) is 28.4 Å². The summed E-state index contributed by atoms with van der Waals surface area (Å²) >= 11 is 1.29. The van der Waals surface area contributed by atoms with Gasteiger partial charge in [-0.05, 0) is 54.2 Å². The zero-order valence-corrected chi connectivity index (χ0v) is 19.0. The van der Waals surface area contributed by atoms with Crippen molar-refractivity contribution in [2.45, 2.75) is 32.4 Å². The van der Waals surface area contributed by atoms with E-state index in [0.29, 0.717) is 40.8 Å². The first-order valence-corrected chi connectivity index (χ1v) is 11.7. The molecule has 3 aromatic rings. The van der Waals surface area contributed by atoms with E-state index in [0.717, 1.165) is 24.8 Å². The Balaban J connectivity index is 1.38. The van der Waals surface area contributed by atoms with Crippen molar-refractivity contribution in [3.05, 3.63) is 56.7 Å². The number of aliphatic hydroxyl groups excluding tert-OH is 1. The zero-order valence-electron chi connectivity index (χ0n) is 18.2. The van der Waals surface area contributed by atoms with Crippen molar-refractivity contribution in [1.29, 1.82) is 0 Å². The number of benzene rings is 1. The van der Waals surface area contributed by atoms with Gasteiger partial charge in [0.2, 0.25) is 5.82 Å². The van der Waals surface area contributed by atoms with Gasteiger partial charge < -0.3 is 24.9 Å². The van der Waals surface area contributed by atoms with E-state index < -0.39 is 17.3 Å². The molecule has 1 aliphatic carbocycles. The molecule has 2 unspecified atom stereocenters. The molecule has 0 bridgehead atoms. The third-order valence-electron chi connectivity index (χ3n) is 5.92. The van der Waals surface area contributed by atoms with E-state index in [4.69, 9.17) is 9.47 Å². The predicted octanol–water partition coefficient (Wildman–Crippen LogP) is 2.99. The van der Waals surface area contributed by atoms with Gasteiger partial charge in [-0.2, -0.15) is 0 Å². The number of fused-ring (bicyclic) bond motifs is 1. The van der Waals surface area contributed by atoms with Gasteiger partial charge in [0.05, 0.1) is 19.1 Å². The van der Waals surface area contributed by atoms with E-state index in [2.05, 4.69) is 15.3 Å². The van der Waals surface area contributed by atoms with Crippen molar-refractivity contribution in [3.8, 4) is 5.75 Å². The molecular formula is C23H26FN3O5S. The van der Waals surface area contributed by atoms with Gasteiger partial charge in [0.1, 0.15) is 4.83 Å². The highest BCUT2D eigenvalue weighted by atomic mass is 32.1. The van der Waals surface area contributed by atoms with Crippen molar-refractivity contribution in [2.75, 3.05) is 20.3 Å². The van der Waals surface area contributed by atoms with Crippen LogP contribution in [0, 0.1) is 17.7 Å². The van der Waals surface area contributed by atoms with Crippen LogP contribution in [0.1, 0.15) is 41.0 Å². The number of amides is 1. The molecule has 0 saturated heterocycles. The second kappa shape index (κ2) is 10.4. The van der Waals surface area contributed by atoms with Crippen molar-refractivity contribution in [1.82, 2.24) is 15.3 Å². The van der Waals surface area contributed by atoms with E-state index in [9.17, 15) is 19.1 Å². The van der Waals surface area contributed by atoms with Gasteiger partial charge in [0, 0.05) is 25.3 Å². The number of halogens is 1. The van der Waals surface area contributed by atoms with Crippen molar-refractivity contribution >= 4 is 27.5 Å². The van der Waals surface area contributed by atoms with Gasteiger partial charge in [0.15, 0.2) is 11.6 Å². The molecule has 4 rings (SSSR count). The summed E-state index contributed by atoms with van der Waals surface area (Å²) < 4.78 is 24.3. The van der Waals surface area contributed by atoms with Crippen LogP contribution in [0.5, 0.6) is 5.75 Å². The molecule has 10 heteroatoms. The third-order valence-corrected chi connectivity index (χ3v) is 6.84. The number of hydrogen-bond donors (Lipinski definition) is 3. The summed E-state index contributed by atoms with van der Waals surface area (Å²) in [5.41, 5.74) is 0.994. The van der Waals surface area contributed by atoms with Crippen LogP contribution in [0.25, 0.3) is 10.2 Å². The second-order valence-electron chi connectivity index (χ2n) is 8.25. The Morgan fingerprint density at radius 3 is 2.94 bits per heavy atom. The number of carbonyl (C=O) groups excluding carboxylic acids is 1. The van der Waals surface area contributed by atoms with Crippen LogP contribution in [0.2, 0.25) is 0 Å². The average molecular weight is 476 g/mol. The first kappa shape index (κ1) is 23.3. The van der Waals surface area contributed by atoms with Gasteiger partial charge in [-0.25, -0.2) is 9.37 Å². The molecule has 0 radical (unpaired) electrons. The maximum Gasteiger partial charge on any atom is 0.287 e. The first-order chi connectivity index (χ1) is 16.0. The van der Waals surface area contributed by atoms with Gasteiger partial charge >= 0.3 is 0 Å². The van der Waals surface area contributed by atoms with Gasteiger partial charge in [-0.15, -0.1) is 11.3 Å². The highest BCUT2D eigenvalue weighted by molar-refractivity contribution is 7.16. The third kappa shape index (κ3) is 5.40. The minimum absolute atomic E-state index is 0.0862. The summed E-state index contributed by atoms with van der Waals surface area (Å²) in [6.07, 6.45) is 3.03. The lowest BCUT2D eigenvalue weighted by molar-refractivity contribution is 0.0869. The number of rotatable bonds is 9. The normalized spacial score (nSPS) is 18.0. The Morgan fingerprint density at radius 1 is 1.36 bits per heavy atom. The van der Waals surface area contributed by atoms with Gasteiger partial charge in [0.25, 0.3) is 11.5 Å². The molecule has 176 valence electrons. The van der Waals surface area contributed by atoms with Crippen LogP contribution in [0.4, 0.5) is 4.39 Å². The lowest BCUT2D eigenvalue weighted by Crippen LogP contribution is -2.27. The largest absolute Gasteiger partial charge is 0.494 e. The summed E-state index contributed by atoms with van der Waals surface area (Å²) in [6, 6.07) is 4.30. The van der Waals surface area contributed by atoms with Gasteiger partial charge in [-0.1, -0.05) is 6.07 Å². The number of H-pyrrole nitrogens is 1. The van der Waals surface area contributed by atoms with E-state index >= 15 is 0 Å². The maximum absolute atomic E-state index is 13.5. The maximum atomic E-state index is 13.5. The number of nitrogens with one attached hydrogen (secondary N) is 2. The molecule has 3 N–H and O–H groups in total. The summed E-state index contributed by atoms with van der Waals surface area (Å²) in [5.74, 6) is -0.231. The molecule has 1 fully saturated rings. The molecule has 0 aliphatic heterocycles. The van der Waals surface area contributed by atoms with E-state index in [1.165, 1.54) is 30.6 Å². The zero-order chi connectivity index (χ0) is 23.4. The predicted molar refractivity (Wildman–Crippen MR) is 122 cm³/mol. The summed E-state index contributed by atoms with van der Waals surface area (Å²) in [4.78, 5) is 32.5. The average Bonchev–Trinajstić information content (AvgIpc) is 3.45. The van der Waals surface area contributed by atoms with E-state index in [1.807, 2.05) is 5.38 Å². The number of carbonyl (C=O) groups is 1. The highest BCUT2D eigenvalue weighted by Gasteiger charge is 2.24. The number of aliphatic hydroxyl groups is 1. The van der Waals surface area contributed by atoms with Crippen molar-refractivity contribution in [3.63, 3.8) is 0 Å². The van der Waals surface area contributed by atoms with Crippen LogP contribution in [-0.4, -0.2) is 41.3 Å². The SMILES string of the molecule is COc1cc(CNC(=O)c2nc3scc(COCC4CCC(CO)C4)c3c(=O)[nH]2)ccc1F. The molecular weight excluding hydrogens is 449 g/mol. The van der Waals surface area contributed by atoms with E-state index in [1.54, 1.807) is 6.07 Å². The van der Waals surface area contributed by atoms with Crippen molar-refractivity contribution in [2.24, 2.45) is 11.8 Å². The first-order valence-electron chi connectivity index (χ1n) is 10.8. The molecule has 8 nitrogen and oxygen atoms in total. The standard InChI is InChI=1S/C23H26FN3O5S/c1-31-18-7-13(4-5-17(18)24)8-25-22(30)20-26-21(29)19-16(12-33-23(19)27-20)11-32-10-15-3-2-14(6-15)9-28/h4-5,7,12,14-15,28H,2-3,6,8-11H2,1H3,(H,25,30)(H,26,27,29). The van der Waals surface area contributed by atoms with Crippen molar-refractivity contribution < 1.29 is 23.8 Å². The highest BCUT2D eigenvalue weighted by Crippen LogP contribution is 2.31. The number of aromatic nitrogens is 2. The number of thiophene rings is 1. The van der Waals surface area contributed by atoms with Crippen LogP contribution in [0.3, 0.4) is 0 Å². The number of hydrogen-bond acceptors (Lipinski definition) is 7. The molecule has 2 aromatic heterocycles. The number of aromatic amines is 1. The van der Waals surface area contributed by atoms with E-state index in [-0.39, 0.29) is 24.7 Å². The molecule has 1 aromatic carbocycles. The molecule has 1 aliphatic rings. The number of ether oxygens (including phenoxy) is 2. The fraction of sp³-hybridized carbons (Fsp3) is 0.435. The topological polar surface area (TPSA) is 114 Å². The Bertz CT molecular complexity index is 1190. The summed E-state index contributed by atoms with van der Waals surface area (Å²) in [5, 5.41) is 14.2. The lowest BCUT2D eigenvalue weighted by Gasteiger charge is -2.10. The smallest absolute Gasteiger partial charge is 0.287 e. The molecule has 0 spiro atoms. The van der Waals surface area contributed by atoms with Gasteiger partial charge in [-0.3, -0.25) is 9.59 Å². The van der Waals surface area contributed by atoms with Crippen LogP contribution < -0.4 is 15.6 Å². The summed E-state index contributed by atoms with van der Waals surface area (Å²) in [6.45, 7) is 1.23. The monoisotopic (exact) mass is 475 g/mol. The number of nitrogens with zero attached hydrogens (tertiary/aromatic N) is 1. The quantitative estimate of drug-likeness (QED) is 0.439. The second-order valence-corrected chi connectivity index (χ2v) is 9.11. The Hall–Kier alpha value is -2.82. The molecule has 2 atom stereocenters.